The summed E-state index contributed by atoms with van der Waals surface area (Å²) in [5.41, 5.74) is 49.1. The van der Waals surface area contributed by atoms with Crippen molar-refractivity contribution in [3.63, 3.8) is 0 Å². The molecular formula is C30H28N6. The second-order valence-electron chi connectivity index (χ2n) is 8.68. The molecule has 0 aliphatic rings. The molecule has 0 aliphatic carbocycles. The van der Waals surface area contributed by atoms with Crippen LogP contribution in [0.25, 0.3) is 44.5 Å². The molecule has 5 aromatic rings. The van der Waals surface area contributed by atoms with Crippen molar-refractivity contribution in [3.8, 4) is 44.5 Å². The van der Waals surface area contributed by atoms with Crippen molar-refractivity contribution < 1.29 is 0 Å². The molecule has 0 unspecified atom stereocenters. The van der Waals surface area contributed by atoms with Gasteiger partial charge in [0.25, 0.3) is 0 Å². The maximum Gasteiger partial charge on any atom is 0.0489 e. The van der Waals surface area contributed by atoms with E-state index in [-0.39, 0.29) is 0 Å². The molecule has 5 aromatic carbocycles. The van der Waals surface area contributed by atoms with Gasteiger partial charge in [-0.3, -0.25) is 0 Å². The first kappa shape index (κ1) is 22.7. The van der Waals surface area contributed by atoms with Crippen molar-refractivity contribution in [2.24, 2.45) is 0 Å². The fraction of sp³-hybridized carbons (Fsp3) is 0. The number of rotatable bonds is 4. The fourth-order valence-corrected chi connectivity index (χ4v) is 4.81. The van der Waals surface area contributed by atoms with E-state index in [0.29, 0.717) is 56.4 Å². The van der Waals surface area contributed by atoms with Crippen molar-refractivity contribution in [3.05, 3.63) is 97.1 Å². The second-order valence-corrected chi connectivity index (χ2v) is 8.68. The Hall–Kier alpha value is -5.10. The maximum atomic E-state index is 7.08. The zero-order valence-corrected chi connectivity index (χ0v) is 19.7. The summed E-state index contributed by atoms with van der Waals surface area (Å²) in [6.45, 7) is 0. The molecule has 0 amide bonds. The molecule has 0 fully saturated rings. The summed E-state index contributed by atoms with van der Waals surface area (Å²) in [5.74, 6) is 0. The van der Waals surface area contributed by atoms with Crippen LogP contribution in [-0.2, 0) is 0 Å². The Labute approximate surface area is 210 Å². The van der Waals surface area contributed by atoms with Gasteiger partial charge in [0.1, 0.15) is 0 Å². The quantitative estimate of drug-likeness (QED) is 0.180. The topological polar surface area (TPSA) is 156 Å². The molecule has 5 rings (SSSR count). The fourth-order valence-electron chi connectivity index (χ4n) is 4.81. The van der Waals surface area contributed by atoms with Crippen LogP contribution in [0.3, 0.4) is 0 Å². The monoisotopic (exact) mass is 472 g/mol. The lowest BCUT2D eigenvalue weighted by molar-refractivity contribution is 1.53. The smallest absolute Gasteiger partial charge is 0.0489 e. The lowest BCUT2D eigenvalue weighted by Crippen LogP contribution is -2.08. The molecule has 6 nitrogen and oxygen atoms in total. The highest BCUT2D eigenvalue weighted by Crippen LogP contribution is 2.54. The van der Waals surface area contributed by atoms with E-state index in [1.807, 2.05) is 97.1 Å². The lowest BCUT2D eigenvalue weighted by Gasteiger charge is -2.26. The lowest BCUT2D eigenvalue weighted by atomic mass is 9.81. The van der Waals surface area contributed by atoms with Crippen LogP contribution in [0, 0.1) is 0 Å². The molecule has 0 saturated carbocycles. The van der Waals surface area contributed by atoms with Gasteiger partial charge in [-0.25, -0.2) is 0 Å². The van der Waals surface area contributed by atoms with Gasteiger partial charge in [-0.2, -0.15) is 0 Å². The van der Waals surface area contributed by atoms with Gasteiger partial charge in [0.05, 0.1) is 0 Å². The highest BCUT2D eigenvalue weighted by atomic mass is 14.7. The van der Waals surface area contributed by atoms with Gasteiger partial charge in [0, 0.05) is 78.6 Å². The molecule has 178 valence electrons. The van der Waals surface area contributed by atoms with Crippen LogP contribution in [0.2, 0.25) is 0 Å². The molecule has 36 heavy (non-hydrogen) atoms. The molecule has 12 N–H and O–H groups in total. The van der Waals surface area contributed by atoms with Crippen molar-refractivity contribution in [1.29, 1.82) is 0 Å². The number of nitrogen functional groups attached to an aromatic ring is 6. The van der Waals surface area contributed by atoms with Crippen LogP contribution in [0.4, 0.5) is 34.1 Å². The summed E-state index contributed by atoms with van der Waals surface area (Å²) in [7, 11) is 0. The van der Waals surface area contributed by atoms with E-state index in [4.69, 9.17) is 34.4 Å². The summed E-state index contributed by atoms with van der Waals surface area (Å²) in [6.07, 6.45) is 0. The first-order valence-electron chi connectivity index (χ1n) is 11.5. The molecule has 0 bridgehead atoms. The largest absolute Gasteiger partial charge is 0.398 e. The number of hydrogen-bond acceptors (Lipinski definition) is 6. The predicted octanol–water partition coefficient (Wildman–Crippen LogP) is 5.85. The Kier molecular flexibility index (Phi) is 5.62. The number of benzene rings is 5. The summed E-state index contributed by atoms with van der Waals surface area (Å²) < 4.78 is 0. The maximum absolute atomic E-state index is 7.08. The van der Waals surface area contributed by atoms with E-state index in [1.54, 1.807) is 0 Å². The average Bonchev–Trinajstić information content (AvgIpc) is 2.87. The van der Waals surface area contributed by atoms with Gasteiger partial charge >= 0.3 is 0 Å². The Morgan fingerprint density at radius 2 is 0.472 bits per heavy atom. The summed E-state index contributed by atoms with van der Waals surface area (Å²) in [5, 5.41) is 0. The molecule has 0 spiro atoms. The third-order valence-corrected chi connectivity index (χ3v) is 6.50. The van der Waals surface area contributed by atoms with Gasteiger partial charge < -0.3 is 34.4 Å². The summed E-state index contributed by atoms with van der Waals surface area (Å²) in [4.78, 5) is 0. The zero-order valence-electron chi connectivity index (χ0n) is 19.7. The van der Waals surface area contributed by atoms with E-state index in [1.165, 1.54) is 0 Å². The molecule has 0 aliphatic heterocycles. The predicted molar refractivity (Wildman–Crippen MR) is 155 cm³/mol. The second kappa shape index (κ2) is 8.92. The van der Waals surface area contributed by atoms with E-state index < -0.39 is 0 Å². The number of para-hydroxylation sites is 4. The summed E-state index contributed by atoms with van der Waals surface area (Å²) in [6, 6.07) is 30.2. The zero-order chi connectivity index (χ0) is 25.4. The minimum atomic E-state index is 0.483. The normalized spacial score (nSPS) is 10.9. The van der Waals surface area contributed by atoms with Crippen molar-refractivity contribution in [2.75, 3.05) is 34.4 Å². The Balaban J connectivity index is 2.05. The van der Waals surface area contributed by atoms with E-state index in [9.17, 15) is 0 Å². The third-order valence-electron chi connectivity index (χ3n) is 6.50. The molecule has 0 saturated heterocycles. The van der Waals surface area contributed by atoms with Crippen molar-refractivity contribution in [2.45, 2.75) is 0 Å². The molecule has 6 heteroatoms. The number of anilines is 6. The van der Waals surface area contributed by atoms with Gasteiger partial charge in [-0.15, -0.1) is 0 Å². The highest BCUT2D eigenvalue weighted by molar-refractivity contribution is 6.15. The van der Waals surface area contributed by atoms with E-state index in [2.05, 4.69) is 0 Å². The molecule has 0 radical (unpaired) electrons. The minimum absolute atomic E-state index is 0.483. The molecular weight excluding hydrogens is 444 g/mol. The van der Waals surface area contributed by atoms with Crippen LogP contribution in [0.15, 0.2) is 97.1 Å². The highest BCUT2D eigenvalue weighted by Gasteiger charge is 2.27. The van der Waals surface area contributed by atoms with Crippen LogP contribution in [0.5, 0.6) is 0 Å². The van der Waals surface area contributed by atoms with E-state index >= 15 is 0 Å². The first-order chi connectivity index (χ1) is 17.4. The average molecular weight is 473 g/mol. The molecule has 0 atom stereocenters. The van der Waals surface area contributed by atoms with Gasteiger partial charge in [-0.05, 0) is 24.3 Å². The summed E-state index contributed by atoms with van der Waals surface area (Å²) >= 11 is 0. The Morgan fingerprint density at radius 1 is 0.278 bits per heavy atom. The third kappa shape index (κ3) is 3.61. The first-order valence-corrected chi connectivity index (χ1v) is 11.5. The Morgan fingerprint density at radius 3 is 0.667 bits per heavy atom. The molecule has 0 heterocycles. The SMILES string of the molecule is Nc1ccccc1-c1c(N)c(-c2ccccc2N)c(-c2ccccc2N)c(N)c1-c1ccccc1N. The standard InChI is InChI=1S/C30H28N6/c31-21-13-5-1-9-17(21)25-26(18-10-2-6-14-22(18)32)30(36)28(20-12-4-8-16-24(20)34)27(29(25)35)19-11-3-7-15-23(19)33/h1-16H,31-36H2. The van der Waals surface area contributed by atoms with Gasteiger partial charge in [0.2, 0.25) is 0 Å². The van der Waals surface area contributed by atoms with Crippen molar-refractivity contribution >= 4 is 34.1 Å². The van der Waals surface area contributed by atoms with Crippen LogP contribution >= 0.6 is 0 Å². The van der Waals surface area contributed by atoms with Crippen LogP contribution in [0.1, 0.15) is 0 Å². The minimum Gasteiger partial charge on any atom is -0.398 e. The van der Waals surface area contributed by atoms with Crippen molar-refractivity contribution in [1.82, 2.24) is 0 Å². The van der Waals surface area contributed by atoms with Gasteiger partial charge in [-0.1, -0.05) is 72.8 Å². The van der Waals surface area contributed by atoms with Gasteiger partial charge in [0.15, 0.2) is 0 Å². The van der Waals surface area contributed by atoms with E-state index in [0.717, 1.165) is 22.3 Å². The van der Waals surface area contributed by atoms with Crippen LogP contribution < -0.4 is 34.4 Å². The number of hydrogen-bond donors (Lipinski definition) is 6. The number of nitrogens with two attached hydrogens (primary N) is 6. The Bertz CT molecular complexity index is 1370. The molecule has 0 aromatic heterocycles. The van der Waals surface area contributed by atoms with Crippen LogP contribution in [-0.4, -0.2) is 0 Å².